The van der Waals surface area contributed by atoms with Crippen molar-refractivity contribution in [2.24, 2.45) is 11.1 Å². The molecule has 2 rings (SSSR count). The zero-order valence-corrected chi connectivity index (χ0v) is 12.9. The fourth-order valence-corrected chi connectivity index (χ4v) is 2.83. The average molecular weight is 294 g/mol. The second-order valence-corrected chi connectivity index (χ2v) is 6.72. The third-order valence-electron chi connectivity index (χ3n) is 3.46. The second-order valence-electron chi connectivity index (χ2n) is 5.56. The maximum absolute atomic E-state index is 7.54. The molecule has 0 aliphatic carbocycles. The van der Waals surface area contributed by atoms with Gasteiger partial charge in [0.1, 0.15) is 13.2 Å². The van der Waals surface area contributed by atoms with Crippen LogP contribution in [-0.4, -0.2) is 24.8 Å². The van der Waals surface area contributed by atoms with Gasteiger partial charge >= 0.3 is 0 Å². The molecule has 20 heavy (non-hydrogen) atoms. The molecule has 110 valence electrons. The highest BCUT2D eigenvalue weighted by Gasteiger charge is 2.20. The van der Waals surface area contributed by atoms with E-state index in [1.165, 1.54) is 4.90 Å². The molecule has 0 saturated carbocycles. The molecule has 0 bridgehead atoms. The Morgan fingerprint density at radius 2 is 2.00 bits per heavy atom. The minimum atomic E-state index is -0.201. The van der Waals surface area contributed by atoms with Crippen LogP contribution in [-0.2, 0) is 0 Å². The maximum atomic E-state index is 7.54. The highest BCUT2D eigenvalue weighted by Crippen LogP contribution is 2.34. The lowest BCUT2D eigenvalue weighted by Crippen LogP contribution is -2.30. The number of hydrogen-bond acceptors (Lipinski definition) is 4. The number of nitrogens with one attached hydrogen (secondary N) is 1. The van der Waals surface area contributed by atoms with E-state index in [0.29, 0.717) is 13.2 Å². The van der Waals surface area contributed by atoms with Gasteiger partial charge in [0, 0.05) is 10.3 Å². The van der Waals surface area contributed by atoms with Crippen molar-refractivity contribution < 1.29 is 9.47 Å². The van der Waals surface area contributed by atoms with E-state index in [4.69, 9.17) is 20.6 Å². The van der Waals surface area contributed by atoms with Gasteiger partial charge in [-0.25, -0.2) is 0 Å². The quantitative estimate of drug-likeness (QED) is 0.365. The van der Waals surface area contributed by atoms with Crippen molar-refractivity contribution in [3.8, 4) is 11.5 Å². The molecular weight excluding hydrogens is 272 g/mol. The van der Waals surface area contributed by atoms with E-state index in [2.05, 4.69) is 6.07 Å². The molecule has 4 nitrogen and oxygen atoms in total. The van der Waals surface area contributed by atoms with Gasteiger partial charge < -0.3 is 15.2 Å². The number of nitrogens with two attached hydrogens (primary N) is 1. The van der Waals surface area contributed by atoms with E-state index in [1.807, 2.05) is 26.0 Å². The van der Waals surface area contributed by atoms with Crippen LogP contribution < -0.4 is 15.2 Å². The lowest BCUT2D eigenvalue weighted by molar-refractivity contribution is 0.171. The van der Waals surface area contributed by atoms with Crippen molar-refractivity contribution in [2.75, 3.05) is 19.0 Å². The largest absolute Gasteiger partial charge is 0.486 e. The van der Waals surface area contributed by atoms with E-state index in [-0.39, 0.29) is 11.3 Å². The van der Waals surface area contributed by atoms with E-state index >= 15 is 0 Å². The summed E-state index contributed by atoms with van der Waals surface area (Å²) in [4.78, 5) is 1.19. The number of hydrogen-bond donors (Lipinski definition) is 2. The standard InChI is InChI=1S/C15H22N2O2S/c1-15(2,14(16)17)6-3-9-20-11-4-5-12-13(10-11)19-8-7-18-12/h4-5,10H,3,6-9H2,1-2H3,(H3,16,17). The van der Waals surface area contributed by atoms with Gasteiger partial charge in [0.15, 0.2) is 11.5 Å². The van der Waals surface area contributed by atoms with E-state index in [9.17, 15) is 0 Å². The predicted octanol–water partition coefficient (Wildman–Crippen LogP) is 3.29. The number of rotatable bonds is 6. The lowest BCUT2D eigenvalue weighted by Gasteiger charge is -2.22. The molecule has 0 amide bonds. The summed E-state index contributed by atoms with van der Waals surface area (Å²) in [5.41, 5.74) is 5.38. The SMILES string of the molecule is CC(C)(CCCSc1ccc2c(c1)OCCO2)C(=N)N. The van der Waals surface area contributed by atoms with Gasteiger partial charge in [0.05, 0.1) is 5.84 Å². The van der Waals surface area contributed by atoms with Crippen LogP contribution in [0.4, 0.5) is 0 Å². The number of benzene rings is 1. The van der Waals surface area contributed by atoms with Crippen molar-refractivity contribution in [1.29, 1.82) is 5.41 Å². The Morgan fingerprint density at radius 3 is 2.70 bits per heavy atom. The molecular formula is C15H22N2O2S. The summed E-state index contributed by atoms with van der Waals surface area (Å²) in [6.45, 7) is 5.28. The Morgan fingerprint density at radius 1 is 1.30 bits per heavy atom. The van der Waals surface area contributed by atoms with E-state index in [1.54, 1.807) is 11.8 Å². The molecule has 3 N–H and O–H groups in total. The van der Waals surface area contributed by atoms with Crippen molar-refractivity contribution in [3.05, 3.63) is 18.2 Å². The summed E-state index contributed by atoms with van der Waals surface area (Å²) in [6, 6.07) is 6.07. The van der Waals surface area contributed by atoms with E-state index in [0.717, 1.165) is 30.1 Å². The number of thioether (sulfide) groups is 1. The van der Waals surface area contributed by atoms with Crippen LogP contribution in [0, 0.1) is 10.8 Å². The van der Waals surface area contributed by atoms with Gasteiger partial charge in [-0.2, -0.15) is 0 Å². The Balaban J connectivity index is 1.81. The van der Waals surface area contributed by atoms with Crippen LogP contribution in [0.2, 0.25) is 0 Å². The molecule has 1 aliphatic rings. The Hall–Kier alpha value is -1.36. The fourth-order valence-electron chi connectivity index (χ4n) is 1.95. The van der Waals surface area contributed by atoms with Gasteiger partial charge in [0.25, 0.3) is 0 Å². The minimum Gasteiger partial charge on any atom is -0.486 e. The smallest absolute Gasteiger partial charge is 0.162 e. The highest BCUT2D eigenvalue weighted by molar-refractivity contribution is 7.99. The first-order chi connectivity index (χ1) is 9.49. The molecule has 0 spiro atoms. The average Bonchev–Trinajstić information content (AvgIpc) is 2.43. The van der Waals surface area contributed by atoms with Crippen molar-refractivity contribution in [2.45, 2.75) is 31.6 Å². The highest BCUT2D eigenvalue weighted by atomic mass is 32.2. The molecule has 0 saturated heterocycles. The predicted molar refractivity (Wildman–Crippen MR) is 83.1 cm³/mol. The molecule has 0 unspecified atom stereocenters. The number of amidine groups is 1. The van der Waals surface area contributed by atoms with Gasteiger partial charge in [-0.05, 0) is 36.8 Å². The molecule has 0 radical (unpaired) electrons. The maximum Gasteiger partial charge on any atom is 0.162 e. The molecule has 0 fully saturated rings. The molecule has 5 heteroatoms. The van der Waals surface area contributed by atoms with Gasteiger partial charge in [-0.15, -0.1) is 11.8 Å². The minimum absolute atomic E-state index is 0.201. The summed E-state index contributed by atoms with van der Waals surface area (Å²) in [7, 11) is 0. The first-order valence-electron chi connectivity index (χ1n) is 6.86. The Bertz CT molecular complexity index is 489. The van der Waals surface area contributed by atoms with Crippen molar-refractivity contribution in [1.82, 2.24) is 0 Å². The van der Waals surface area contributed by atoms with Crippen molar-refractivity contribution >= 4 is 17.6 Å². The second kappa shape index (κ2) is 6.39. The zero-order chi connectivity index (χ0) is 14.6. The molecule has 1 aliphatic heterocycles. The van der Waals surface area contributed by atoms with Crippen molar-refractivity contribution in [3.63, 3.8) is 0 Å². The van der Waals surface area contributed by atoms with Crippen LogP contribution in [0.1, 0.15) is 26.7 Å². The van der Waals surface area contributed by atoms with Gasteiger partial charge in [0.2, 0.25) is 0 Å². The van der Waals surface area contributed by atoms with Gasteiger partial charge in [-0.3, -0.25) is 5.41 Å². The monoisotopic (exact) mass is 294 g/mol. The van der Waals surface area contributed by atoms with E-state index < -0.39 is 0 Å². The third kappa shape index (κ3) is 3.82. The molecule has 1 aromatic rings. The summed E-state index contributed by atoms with van der Waals surface area (Å²) < 4.78 is 11.1. The van der Waals surface area contributed by atoms with Crippen LogP contribution in [0.15, 0.2) is 23.1 Å². The summed E-state index contributed by atoms with van der Waals surface area (Å²) in [6.07, 6.45) is 1.96. The lowest BCUT2D eigenvalue weighted by atomic mass is 9.87. The molecule has 0 aromatic heterocycles. The topological polar surface area (TPSA) is 68.3 Å². The first-order valence-corrected chi connectivity index (χ1v) is 7.84. The van der Waals surface area contributed by atoms with Crippen LogP contribution in [0.3, 0.4) is 0 Å². The molecule has 0 atom stereocenters. The summed E-state index contributed by atoms with van der Waals surface area (Å²) >= 11 is 1.80. The summed E-state index contributed by atoms with van der Waals surface area (Å²) in [5.74, 6) is 2.95. The van der Waals surface area contributed by atoms with Crippen LogP contribution >= 0.6 is 11.8 Å². The fraction of sp³-hybridized carbons (Fsp3) is 0.533. The summed E-state index contributed by atoms with van der Waals surface area (Å²) in [5, 5.41) is 7.54. The normalized spacial score (nSPS) is 14.1. The number of fused-ring (bicyclic) bond motifs is 1. The Kier molecular flexibility index (Phi) is 4.81. The zero-order valence-electron chi connectivity index (χ0n) is 12.1. The molecule has 1 aromatic carbocycles. The van der Waals surface area contributed by atoms with Gasteiger partial charge in [-0.1, -0.05) is 13.8 Å². The van der Waals surface area contributed by atoms with Crippen LogP contribution in [0.25, 0.3) is 0 Å². The van der Waals surface area contributed by atoms with Crippen LogP contribution in [0.5, 0.6) is 11.5 Å². The Labute approximate surface area is 124 Å². The molecule has 1 heterocycles. The number of ether oxygens (including phenoxy) is 2. The first kappa shape index (κ1) is 15.0. The third-order valence-corrected chi connectivity index (χ3v) is 4.54.